The second kappa shape index (κ2) is 9.82. The van der Waals surface area contributed by atoms with Gasteiger partial charge in [-0.3, -0.25) is 9.36 Å². The second-order valence-corrected chi connectivity index (χ2v) is 8.00. The molecule has 0 aliphatic heterocycles. The van der Waals surface area contributed by atoms with Gasteiger partial charge in [-0.05, 0) is 11.4 Å². The van der Waals surface area contributed by atoms with E-state index in [1.165, 1.54) is 26.0 Å². The molecule has 1 amide bonds. The van der Waals surface area contributed by atoms with Crippen LogP contribution in [0.5, 0.6) is 11.5 Å². The van der Waals surface area contributed by atoms with Crippen molar-refractivity contribution < 1.29 is 14.3 Å². The van der Waals surface area contributed by atoms with Crippen LogP contribution in [0.2, 0.25) is 5.02 Å². The fourth-order valence-corrected chi connectivity index (χ4v) is 4.25. The van der Waals surface area contributed by atoms with Crippen LogP contribution >= 0.6 is 34.7 Å². The number of halogens is 1. The summed E-state index contributed by atoms with van der Waals surface area (Å²) in [4.78, 5) is 13.5. The van der Waals surface area contributed by atoms with E-state index in [4.69, 9.17) is 21.1 Å². The molecule has 0 atom stereocenters. The van der Waals surface area contributed by atoms with E-state index in [1.54, 1.807) is 29.5 Å². The van der Waals surface area contributed by atoms with Crippen molar-refractivity contribution in [3.8, 4) is 22.2 Å². The molecule has 0 saturated carbocycles. The van der Waals surface area contributed by atoms with E-state index in [2.05, 4.69) is 22.1 Å². The molecule has 10 heteroatoms. The molecule has 7 nitrogen and oxygen atoms in total. The molecular weight excluding hydrogens is 432 g/mol. The fraction of sp³-hybridized carbons (Fsp3) is 0.211. The Bertz CT molecular complexity index is 1010. The minimum Gasteiger partial charge on any atom is -0.495 e. The van der Waals surface area contributed by atoms with Gasteiger partial charge < -0.3 is 14.8 Å². The molecule has 152 valence electrons. The Morgan fingerprint density at radius 2 is 2.14 bits per heavy atom. The summed E-state index contributed by atoms with van der Waals surface area (Å²) in [5, 5.41) is 14.4. The average Bonchev–Trinajstić information content (AvgIpc) is 3.37. The summed E-state index contributed by atoms with van der Waals surface area (Å²) in [6, 6.07) is 7.16. The molecule has 1 N–H and O–H groups in total. The van der Waals surface area contributed by atoms with Crippen LogP contribution in [0.1, 0.15) is 0 Å². The van der Waals surface area contributed by atoms with Gasteiger partial charge in [-0.2, -0.15) is 0 Å². The minimum absolute atomic E-state index is 0.147. The Morgan fingerprint density at radius 3 is 2.79 bits per heavy atom. The number of benzene rings is 1. The summed E-state index contributed by atoms with van der Waals surface area (Å²) >= 11 is 8.98. The molecule has 0 bridgehead atoms. The monoisotopic (exact) mass is 450 g/mol. The number of thiophene rings is 1. The van der Waals surface area contributed by atoms with Crippen molar-refractivity contribution in [3.63, 3.8) is 0 Å². The number of aromatic nitrogens is 3. The fourth-order valence-electron chi connectivity index (χ4n) is 2.55. The topological polar surface area (TPSA) is 78.3 Å². The SMILES string of the molecule is C=CCn1c(SCC(=O)Nc2cc(OC)c(Cl)cc2OC)nnc1-c1cccs1. The van der Waals surface area contributed by atoms with Gasteiger partial charge in [0.15, 0.2) is 11.0 Å². The zero-order valence-corrected chi connectivity index (χ0v) is 18.2. The first-order valence-electron chi connectivity index (χ1n) is 8.49. The number of allylic oxidation sites excluding steroid dienone is 1. The van der Waals surface area contributed by atoms with Crippen molar-refractivity contribution in [2.24, 2.45) is 0 Å². The number of nitrogens with one attached hydrogen (secondary N) is 1. The van der Waals surface area contributed by atoms with Gasteiger partial charge in [0, 0.05) is 18.7 Å². The maximum atomic E-state index is 12.5. The predicted octanol–water partition coefficient (Wildman–Crippen LogP) is 4.59. The molecule has 29 heavy (non-hydrogen) atoms. The number of hydrogen-bond acceptors (Lipinski definition) is 7. The molecule has 2 heterocycles. The van der Waals surface area contributed by atoms with Gasteiger partial charge in [-0.15, -0.1) is 28.1 Å². The molecule has 0 radical (unpaired) electrons. The number of amides is 1. The van der Waals surface area contributed by atoms with Crippen molar-refractivity contribution in [2.45, 2.75) is 11.7 Å². The van der Waals surface area contributed by atoms with E-state index in [9.17, 15) is 4.79 Å². The lowest BCUT2D eigenvalue weighted by atomic mass is 10.2. The number of thioether (sulfide) groups is 1. The first-order chi connectivity index (χ1) is 14.1. The van der Waals surface area contributed by atoms with Crippen molar-refractivity contribution in [1.82, 2.24) is 14.8 Å². The van der Waals surface area contributed by atoms with Gasteiger partial charge in [0.2, 0.25) is 5.91 Å². The highest BCUT2D eigenvalue weighted by Gasteiger charge is 2.17. The highest BCUT2D eigenvalue weighted by Crippen LogP contribution is 2.36. The summed E-state index contributed by atoms with van der Waals surface area (Å²) in [5.41, 5.74) is 0.478. The lowest BCUT2D eigenvalue weighted by molar-refractivity contribution is -0.113. The van der Waals surface area contributed by atoms with Crippen molar-refractivity contribution in [2.75, 3.05) is 25.3 Å². The lowest BCUT2D eigenvalue weighted by Gasteiger charge is -2.13. The summed E-state index contributed by atoms with van der Waals surface area (Å²) in [5.74, 6) is 1.58. The van der Waals surface area contributed by atoms with Gasteiger partial charge in [0.25, 0.3) is 0 Å². The Balaban J connectivity index is 1.72. The molecule has 1 aromatic carbocycles. The molecule has 0 aliphatic rings. The summed E-state index contributed by atoms with van der Waals surface area (Å²) in [7, 11) is 3.01. The van der Waals surface area contributed by atoms with Crippen molar-refractivity contribution in [1.29, 1.82) is 0 Å². The van der Waals surface area contributed by atoms with Crippen LogP contribution in [0.25, 0.3) is 10.7 Å². The van der Waals surface area contributed by atoms with Gasteiger partial charge in [0.1, 0.15) is 11.5 Å². The number of rotatable bonds is 9. The first kappa shape index (κ1) is 21.2. The Labute approximate surface area is 181 Å². The highest BCUT2D eigenvalue weighted by atomic mass is 35.5. The third-order valence-corrected chi connectivity index (χ3v) is 5.98. The van der Waals surface area contributed by atoms with Gasteiger partial charge in [-0.1, -0.05) is 35.5 Å². The van der Waals surface area contributed by atoms with Crippen LogP contribution in [0, 0.1) is 0 Å². The molecule has 0 unspecified atom stereocenters. The number of anilines is 1. The Hall–Kier alpha value is -2.49. The van der Waals surface area contributed by atoms with Crippen LogP contribution in [-0.4, -0.2) is 40.6 Å². The lowest BCUT2D eigenvalue weighted by Crippen LogP contribution is -2.15. The zero-order chi connectivity index (χ0) is 20.8. The van der Waals surface area contributed by atoms with Crippen LogP contribution in [0.4, 0.5) is 5.69 Å². The quantitative estimate of drug-likeness (QED) is 0.379. The molecule has 3 rings (SSSR count). The standard InChI is InChI=1S/C19H19ClN4O3S2/c1-4-7-24-18(16-6-5-8-28-16)22-23-19(24)29-11-17(25)21-13-10-14(26-2)12(20)9-15(13)27-3/h4-6,8-10H,1,7,11H2,2-3H3,(H,21,25). The number of hydrogen-bond donors (Lipinski definition) is 1. The zero-order valence-electron chi connectivity index (χ0n) is 15.8. The van der Waals surface area contributed by atoms with E-state index in [0.717, 1.165) is 10.7 Å². The largest absolute Gasteiger partial charge is 0.495 e. The Morgan fingerprint density at radius 1 is 1.34 bits per heavy atom. The molecular formula is C19H19ClN4O3S2. The third-order valence-electron chi connectivity index (χ3n) is 3.85. The smallest absolute Gasteiger partial charge is 0.234 e. The predicted molar refractivity (Wildman–Crippen MR) is 117 cm³/mol. The van der Waals surface area contributed by atoms with Crippen molar-refractivity contribution >= 4 is 46.3 Å². The number of methoxy groups -OCH3 is 2. The number of ether oxygens (including phenoxy) is 2. The van der Waals surface area contributed by atoms with E-state index < -0.39 is 0 Å². The van der Waals surface area contributed by atoms with E-state index in [0.29, 0.717) is 33.9 Å². The van der Waals surface area contributed by atoms with Gasteiger partial charge in [0.05, 0.1) is 35.6 Å². The van der Waals surface area contributed by atoms with Gasteiger partial charge in [-0.25, -0.2) is 0 Å². The summed E-state index contributed by atoms with van der Waals surface area (Å²) in [6.45, 7) is 4.34. The summed E-state index contributed by atoms with van der Waals surface area (Å²) in [6.07, 6.45) is 1.77. The number of nitrogens with zero attached hydrogens (tertiary/aromatic N) is 3. The number of carbonyl (C=O) groups excluding carboxylic acids is 1. The van der Waals surface area contributed by atoms with Crippen LogP contribution in [-0.2, 0) is 11.3 Å². The normalized spacial score (nSPS) is 10.6. The molecule has 2 aromatic heterocycles. The van der Waals surface area contributed by atoms with E-state index in [1.807, 2.05) is 22.1 Å². The van der Waals surface area contributed by atoms with Crippen molar-refractivity contribution in [3.05, 3.63) is 47.3 Å². The highest BCUT2D eigenvalue weighted by molar-refractivity contribution is 7.99. The van der Waals surface area contributed by atoms with Crippen LogP contribution in [0.15, 0.2) is 47.5 Å². The number of carbonyl (C=O) groups is 1. The minimum atomic E-state index is -0.219. The molecule has 0 spiro atoms. The molecule has 0 saturated heterocycles. The summed E-state index contributed by atoms with van der Waals surface area (Å²) < 4.78 is 12.4. The molecule has 0 fully saturated rings. The van der Waals surface area contributed by atoms with Crippen LogP contribution in [0.3, 0.4) is 0 Å². The van der Waals surface area contributed by atoms with Crippen LogP contribution < -0.4 is 14.8 Å². The van der Waals surface area contributed by atoms with Gasteiger partial charge >= 0.3 is 0 Å². The maximum Gasteiger partial charge on any atom is 0.234 e. The van der Waals surface area contributed by atoms with E-state index in [-0.39, 0.29) is 11.7 Å². The maximum absolute atomic E-state index is 12.5. The Kier molecular flexibility index (Phi) is 7.18. The van der Waals surface area contributed by atoms with E-state index >= 15 is 0 Å². The second-order valence-electron chi connectivity index (χ2n) is 5.71. The average molecular weight is 451 g/mol. The molecule has 0 aliphatic carbocycles. The first-order valence-corrected chi connectivity index (χ1v) is 10.7. The molecule has 3 aromatic rings. The third kappa shape index (κ3) is 4.92.